The summed E-state index contributed by atoms with van der Waals surface area (Å²) >= 11 is 0. The summed E-state index contributed by atoms with van der Waals surface area (Å²) in [4.78, 5) is 12.0. The van der Waals surface area contributed by atoms with E-state index in [-0.39, 0.29) is 18.0 Å². The summed E-state index contributed by atoms with van der Waals surface area (Å²) < 4.78 is 0. The molecule has 0 saturated carbocycles. The van der Waals surface area contributed by atoms with Gasteiger partial charge in [-0.1, -0.05) is 60.7 Å². The third kappa shape index (κ3) is 4.72. The molecule has 0 radical (unpaired) electrons. The highest BCUT2D eigenvalue weighted by Crippen LogP contribution is 2.10. The first-order valence-corrected chi connectivity index (χ1v) is 7.39. The minimum atomic E-state index is 0.0409. The predicted molar refractivity (Wildman–Crippen MR) is 84.6 cm³/mol. The first kappa shape index (κ1) is 15.3. The van der Waals surface area contributed by atoms with Gasteiger partial charge < -0.3 is 10.6 Å². The Morgan fingerprint density at radius 2 is 1.48 bits per heavy atom. The SMILES string of the molecule is C[C@H](NC(=O)C[NH2+][C@H](C)c1ccccc1)c1ccccc1. The number of rotatable bonds is 6. The molecule has 3 nitrogen and oxygen atoms in total. The normalized spacial score (nSPS) is 13.4. The monoisotopic (exact) mass is 283 g/mol. The number of benzene rings is 2. The summed E-state index contributed by atoms with van der Waals surface area (Å²) in [5.41, 5.74) is 2.36. The van der Waals surface area contributed by atoms with Gasteiger partial charge in [0.1, 0.15) is 6.04 Å². The lowest BCUT2D eigenvalue weighted by atomic mass is 10.1. The van der Waals surface area contributed by atoms with E-state index < -0.39 is 0 Å². The molecule has 2 aromatic carbocycles. The van der Waals surface area contributed by atoms with E-state index in [0.717, 1.165) is 5.56 Å². The number of nitrogens with two attached hydrogens (primary N) is 1. The Balaban J connectivity index is 1.80. The lowest BCUT2D eigenvalue weighted by Gasteiger charge is -2.15. The van der Waals surface area contributed by atoms with Crippen molar-refractivity contribution in [2.75, 3.05) is 6.54 Å². The van der Waals surface area contributed by atoms with E-state index >= 15 is 0 Å². The van der Waals surface area contributed by atoms with Crippen LogP contribution in [-0.2, 0) is 4.79 Å². The first-order valence-electron chi connectivity index (χ1n) is 7.39. The number of amides is 1. The highest BCUT2D eigenvalue weighted by atomic mass is 16.1. The average Bonchev–Trinajstić information content (AvgIpc) is 2.54. The fraction of sp³-hybridized carbons (Fsp3) is 0.278. The molecule has 0 unspecified atom stereocenters. The van der Waals surface area contributed by atoms with Gasteiger partial charge in [0.2, 0.25) is 0 Å². The standard InChI is InChI=1S/C18H22N2O/c1-14(16-9-5-3-6-10-16)19-13-18(21)20-15(2)17-11-7-4-8-12-17/h3-12,14-15,19H,13H2,1-2H3,(H,20,21)/p+1/t14-,15+/m1/s1. The summed E-state index contributed by atoms with van der Waals surface area (Å²) in [7, 11) is 0. The van der Waals surface area contributed by atoms with Crippen molar-refractivity contribution in [3.8, 4) is 0 Å². The molecule has 2 aromatic rings. The molecule has 0 aromatic heterocycles. The van der Waals surface area contributed by atoms with Crippen molar-refractivity contribution in [2.45, 2.75) is 25.9 Å². The molecule has 0 aliphatic heterocycles. The van der Waals surface area contributed by atoms with Crippen LogP contribution in [0.15, 0.2) is 60.7 Å². The van der Waals surface area contributed by atoms with E-state index in [1.54, 1.807) is 0 Å². The summed E-state index contributed by atoms with van der Waals surface area (Å²) in [6.45, 7) is 4.56. The highest BCUT2D eigenvalue weighted by Gasteiger charge is 2.13. The molecule has 0 saturated heterocycles. The predicted octanol–water partition coefficient (Wildman–Crippen LogP) is 2.19. The number of hydrogen-bond acceptors (Lipinski definition) is 1. The van der Waals surface area contributed by atoms with Gasteiger partial charge in [0.05, 0.1) is 6.04 Å². The molecule has 2 atom stereocenters. The lowest BCUT2D eigenvalue weighted by molar-refractivity contribution is -0.682. The molecule has 110 valence electrons. The quantitative estimate of drug-likeness (QED) is 0.838. The first-order chi connectivity index (χ1) is 10.2. The zero-order valence-electron chi connectivity index (χ0n) is 12.6. The maximum Gasteiger partial charge on any atom is 0.275 e. The minimum absolute atomic E-state index is 0.0409. The van der Waals surface area contributed by atoms with Crippen LogP contribution in [0.5, 0.6) is 0 Å². The largest absolute Gasteiger partial charge is 0.345 e. The Morgan fingerprint density at radius 1 is 0.952 bits per heavy atom. The van der Waals surface area contributed by atoms with Crippen molar-refractivity contribution in [1.82, 2.24) is 5.32 Å². The summed E-state index contributed by atoms with van der Waals surface area (Å²) in [6, 6.07) is 20.6. The van der Waals surface area contributed by atoms with E-state index in [0.29, 0.717) is 6.54 Å². The zero-order valence-corrected chi connectivity index (χ0v) is 12.6. The Hall–Kier alpha value is -2.13. The van der Waals surface area contributed by atoms with Gasteiger partial charge in [0, 0.05) is 5.56 Å². The van der Waals surface area contributed by atoms with Gasteiger partial charge >= 0.3 is 0 Å². The summed E-state index contributed by atoms with van der Waals surface area (Å²) in [5, 5.41) is 5.09. The molecule has 3 N–H and O–H groups in total. The molecule has 1 amide bonds. The second-order valence-electron chi connectivity index (χ2n) is 5.34. The third-order valence-corrected chi connectivity index (χ3v) is 3.66. The highest BCUT2D eigenvalue weighted by molar-refractivity contribution is 5.77. The van der Waals surface area contributed by atoms with Gasteiger partial charge in [-0.15, -0.1) is 0 Å². The molecule has 0 heterocycles. The third-order valence-electron chi connectivity index (χ3n) is 3.66. The van der Waals surface area contributed by atoms with Crippen LogP contribution < -0.4 is 10.6 Å². The van der Waals surface area contributed by atoms with Gasteiger partial charge in [-0.3, -0.25) is 4.79 Å². The molecule has 3 heteroatoms. The molecule has 0 aliphatic carbocycles. The van der Waals surface area contributed by atoms with Crippen LogP contribution in [0.2, 0.25) is 0 Å². The van der Waals surface area contributed by atoms with Crippen LogP contribution in [-0.4, -0.2) is 12.5 Å². The van der Waals surface area contributed by atoms with Crippen LogP contribution in [0.4, 0.5) is 0 Å². The maximum atomic E-state index is 12.0. The van der Waals surface area contributed by atoms with Gasteiger partial charge in [-0.25, -0.2) is 0 Å². The summed E-state index contributed by atoms with van der Waals surface area (Å²) in [5.74, 6) is 0.0640. The van der Waals surface area contributed by atoms with Crippen LogP contribution in [0.1, 0.15) is 37.1 Å². The van der Waals surface area contributed by atoms with Crippen molar-refractivity contribution in [1.29, 1.82) is 0 Å². The topological polar surface area (TPSA) is 45.7 Å². The van der Waals surface area contributed by atoms with Crippen molar-refractivity contribution >= 4 is 5.91 Å². The second-order valence-corrected chi connectivity index (χ2v) is 5.34. The number of nitrogens with one attached hydrogen (secondary N) is 1. The van der Waals surface area contributed by atoms with Crippen molar-refractivity contribution in [2.24, 2.45) is 0 Å². The van der Waals surface area contributed by atoms with Crippen LogP contribution in [0.25, 0.3) is 0 Å². The number of carbonyl (C=O) groups is 1. The van der Waals surface area contributed by atoms with Gasteiger partial charge in [-0.05, 0) is 19.4 Å². The molecule has 0 fully saturated rings. The Labute approximate surface area is 126 Å². The Kier molecular flexibility index (Phi) is 5.52. The van der Waals surface area contributed by atoms with Gasteiger partial charge in [-0.2, -0.15) is 0 Å². The van der Waals surface area contributed by atoms with E-state index in [1.807, 2.05) is 55.5 Å². The molecule has 0 spiro atoms. The van der Waals surface area contributed by atoms with Crippen LogP contribution in [0, 0.1) is 0 Å². The van der Waals surface area contributed by atoms with E-state index in [1.165, 1.54) is 5.56 Å². The second kappa shape index (κ2) is 7.60. The van der Waals surface area contributed by atoms with E-state index in [2.05, 4.69) is 29.7 Å². The minimum Gasteiger partial charge on any atom is -0.345 e. The summed E-state index contributed by atoms with van der Waals surface area (Å²) in [6.07, 6.45) is 0. The lowest BCUT2D eigenvalue weighted by Crippen LogP contribution is -2.87. The average molecular weight is 283 g/mol. The Bertz CT molecular complexity index is 554. The Morgan fingerprint density at radius 3 is 2.05 bits per heavy atom. The molecule has 0 bridgehead atoms. The van der Waals surface area contributed by atoms with E-state index in [4.69, 9.17) is 0 Å². The number of hydrogen-bond donors (Lipinski definition) is 2. The van der Waals surface area contributed by atoms with Crippen molar-refractivity contribution < 1.29 is 10.1 Å². The number of carbonyl (C=O) groups excluding carboxylic acids is 1. The van der Waals surface area contributed by atoms with Crippen molar-refractivity contribution in [3.05, 3.63) is 71.8 Å². The molecular weight excluding hydrogens is 260 g/mol. The van der Waals surface area contributed by atoms with Crippen LogP contribution in [0.3, 0.4) is 0 Å². The molecule has 21 heavy (non-hydrogen) atoms. The molecule has 2 rings (SSSR count). The van der Waals surface area contributed by atoms with Gasteiger partial charge in [0.25, 0.3) is 5.91 Å². The molecular formula is C18H23N2O+. The van der Waals surface area contributed by atoms with Crippen molar-refractivity contribution in [3.63, 3.8) is 0 Å². The van der Waals surface area contributed by atoms with Crippen LogP contribution >= 0.6 is 0 Å². The fourth-order valence-electron chi connectivity index (χ4n) is 2.30. The van der Waals surface area contributed by atoms with Gasteiger partial charge in [0.15, 0.2) is 6.54 Å². The molecule has 0 aliphatic rings. The fourth-order valence-corrected chi connectivity index (χ4v) is 2.30. The zero-order chi connectivity index (χ0) is 15.1. The number of quaternary nitrogens is 1. The van der Waals surface area contributed by atoms with E-state index in [9.17, 15) is 4.79 Å². The maximum absolute atomic E-state index is 12.0. The smallest absolute Gasteiger partial charge is 0.275 e.